The summed E-state index contributed by atoms with van der Waals surface area (Å²) >= 11 is 3.47. The van der Waals surface area contributed by atoms with Gasteiger partial charge in [0.05, 0.1) is 5.03 Å². The quantitative estimate of drug-likeness (QED) is 0.658. The lowest BCUT2D eigenvalue weighted by molar-refractivity contribution is 1.03. The Morgan fingerprint density at radius 3 is 2.55 bits per heavy atom. The van der Waals surface area contributed by atoms with Gasteiger partial charge in [0.25, 0.3) is 0 Å². The van der Waals surface area contributed by atoms with Gasteiger partial charge in [0.1, 0.15) is 0 Å². The molecule has 3 heteroatoms. The Morgan fingerprint density at radius 1 is 1.27 bits per heavy atom. The largest absolute Gasteiger partial charge is 0.250 e. The molecule has 0 aliphatic heterocycles. The molecule has 0 aromatic carbocycles. The summed E-state index contributed by atoms with van der Waals surface area (Å²) in [5, 5.41) is 1.14. The lowest BCUT2D eigenvalue weighted by atomic mass is 10.3. The number of hydrogen-bond donors (Lipinski definition) is 0. The van der Waals surface area contributed by atoms with Crippen molar-refractivity contribution in [3.8, 4) is 0 Å². The van der Waals surface area contributed by atoms with Crippen LogP contribution in [-0.4, -0.2) is 17.5 Å². The molecular formula is C8H11NS2. The minimum Gasteiger partial charge on any atom is -0.250 e. The molecule has 1 heterocycles. The Kier molecular flexibility index (Phi) is 3.27. The van der Waals surface area contributed by atoms with E-state index in [1.54, 1.807) is 23.5 Å². The van der Waals surface area contributed by atoms with Crippen LogP contribution in [0.3, 0.4) is 0 Å². The zero-order valence-corrected chi connectivity index (χ0v) is 8.55. The van der Waals surface area contributed by atoms with Gasteiger partial charge in [-0.15, -0.1) is 23.5 Å². The molecule has 0 N–H and O–H groups in total. The Balaban J connectivity index is 3.10. The molecule has 1 aromatic heterocycles. The number of aromatic nitrogens is 1. The van der Waals surface area contributed by atoms with Gasteiger partial charge in [-0.05, 0) is 31.1 Å². The molecule has 0 fully saturated rings. The van der Waals surface area contributed by atoms with Gasteiger partial charge in [-0.1, -0.05) is 0 Å². The van der Waals surface area contributed by atoms with E-state index in [1.165, 1.54) is 10.5 Å². The third-order valence-corrected chi connectivity index (χ3v) is 3.20. The van der Waals surface area contributed by atoms with E-state index in [-0.39, 0.29) is 0 Å². The number of rotatable bonds is 2. The molecule has 0 bridgehead atoms. The van der Waals surface area contributed by atoms with Gasteiger partial charge in [-0.25, -0.2) is 4.98 Å². The first kappa shape index (κ1) is 8.94. The van der Waals surface area contributed by atoms with Crippen molar-refractivity contribution in [1.82, 2.24) is 4.98 Å². The van der Waals surface area contributed by atoms with Crippen LogP contribution < -0.4 is 0 Å². The van der Waals surface area contributed by atoms with Crippen LogP contribution in [-0.2, 0) is 0 Å². The van der Waals surface area contributed by atoms with Gasteiger partial charge in [-0.2, -0.15) is 0 Å². The van der Waals surface area contributed by atoms with E-state index in [2.05, 4.69) is 30.5 Å². The van der Waals surface area contributed by atoms with E-state index in [0.29, 0.717) is 0 Å². The average Bonchev–Trinajstić information content (AvgIpc) is 2.05. The van der Waals surface area contributed by atoms with Crippen LogP contribution in [0.4, 0.5) is 0 Å². The van der Waals surface area contributed by atoms with Crippen LogP contribution in [0.1, 0.15) is 5.56 Å². The molecular weight excluding hydrogens is 174 g/mol. The highest BCUT2D eigenvalue weighted by Gasteiger charge is 2.01. The Labute approximate surface area is 76.0 Å². The van der Waals surface area contributed by atoms with Gasteiger partial charge in [0.2, 0.25) is 0 Å². The average molecular weight is 185 g/mol. The zero-order chi connectivity index (χ0) is 8.27. The summed E-state index contributed by atoms with van der Waals surface area (Å²) in [5.41, 5.74) is 1.30. The molecule has 1 aromatic rings. The van der Waals surface area contributed by atoms with Crippen molar-refractivity contribution in [2.24, 2.45) is 0 Å². The Bertz CT molecular complexity index is 226. The first-order chi connectivity index (χ1) is 5.29. The van der Waals surface area contributed by atoms with Crippen molar-refractivity contribution in [3.63, 3.8) is 0 Å². The zero-order valence-electron chi connectivity index (χ0n) is 6.92. The molecule has 11 heavy (non-hydrogen) atoms. The fourth-order valence-electron chi connectivity index (χ4n) is 0.927. The maximum absolute atomic E-state index is 4.26. The van der Waals surface area contributed by atoms with E-state index in [0.717, 1.165) is 5.03 Å². The molecule has 0 aliphatic rings. The van der Waals surface area contributed by atoms with Crippen molar-refractivity contribution >= 4 is 23.5 Å². The molecule has 1 nitrogen and oxygen atoms in total. The SMILES string of the molecule is CSc1ccnc(SC)c1C. The van der Waals surface area contributed by atoms with E-state index in [1.807, 2.05) is 6.20 Å². The van der Waals surface area contributed by atoms with E-state index in [4.69, 9.17) is 0 Å². The highest BCUT2D eigenvalue weighted by atomic mass is 32.2. The Hall–Kier alpha value is -0.150. The second-order valence-corrected chi connectivity index (χ2v) is 3.79. The summed E-state index contributed by atoms with van der Waals surface area (Å²) in [6.45, 7) is 2.12. The van der Waals surface area contributed by atoms with Crippen LogP contribution in [0.5, 0.6) is 0 Å². The number of nitrogens with zero attached hydrogens (tertiary/aromatic N) is 1. The van der Waals surface area contributed by atoms with Crippen LogP contribution >= 0.6 is 23.5 Å². The lowest BCUT2D eigenvalue weighted by Crippen LogP contribution is -1.86. The van der Waals surface area contributed by atoms with Crippen LogP contribution in [0.25, 0.3) is 0 Å². The van der Waals surface area contributed by atoms with Crippen LogP contribution in [0.2, 0.25) is 0 Å². The second kappa shape index (κ2) is 4.02. The predicted octanol–water partition coefficient (Wildman–Crippen LogP) is 2.83. The third kappa shape index (κ3) is 1.91. The highest BCUT2D eigenvalue weighted by molar-refractivity contribution is 7.99. The number of hydrogen-bond acceptors (Lipinski definition) is 3. The summed E-state index contributed by atoms with van der Waals surface area (Å²) < 4.78 is 0. The minimum atomic E-state index is 1.14. The summed E-state index contributed by atoms with van der Waals surface area (Å²) in [6, 6.07) is 2.06. The molecule has 0 aliphatic carbocycles. The first-order valence-corrected chi connectivity index (χ1v) is 5.78. The summed E-state index contributed by atoms with van der Waals surface area (Å²) in [5.74, 6) is 0. The highest BCUT2D eigenvalue weighted by Crippen LogP contribution is 2.25. The van der Waals surface area contributed by atoms with Gasteiger partial charge in [-0.3, -0.25) is 0 Å². The van der Waals surface area contributed by atoms with Crippen molar-refractivity contribution in [3.05, 3.63) is 17.8 Å². The normalized spacial score (nSPS) is 10.1. The van der Waals surface area contributed by atoms with Crippen molar-refractivity contribution in [2.45, 2.75) is 16.8 Å². The van der Waals surface area contributed by atoms with Gasteiger partial charge in [0.15, 0.2) is 0 Å². The third-order valence-electron chi connectivity index (χ3n) is 1.52. The van der Waals surface area contributed by atoms with Crippen molar-refractivity contribution < 1.29 is 0 Å². The maximum Gasteiger partial charge on any atom is 0.0997 e. The topological polar surface area (TPSA) is 12.9 Å². The molecule has 0 unspecified atom stereocenters. The second-order valence-electron chi connectivity index (χ2n) is 2.15. The minimum absolute atomic E-state index is 1.14. The van der Waals surface area contributed by atoms with E-state index < -0.39 is 0 Å². The Morgan fingerprint density at radius 2 is 2.00 bits per heavy atom. The molecule has 60 valence electrons. The lowest BCUT2D eigenvalue weighted by Gasteiger charge is -2.04. The molecule has 0 amide bonds. The van der Waals surface area contributed by atoms with Crippen molar-refractivity contribution in [1.29, 1.82) is 0 Å². The molecule has 0 atom stereocenters. The summed E-state index contributed by atoms with van der Waals surface area (Å²) in [6.07, 6.45) is 6.01. The molecule has 0 radical (unpaired) electrons. The van der Waals surface area contributed by atoms with Gasteiger partial charge >= 0.3 is 0 Å². The van der Waals surface area contributed by atoms with Gasteiger partial charge < -0.3 is 0 Å². The molecule has 1 rings (SSSR count). The molecule has 0 saturated heterocycles. The van der Waals surface area contributed by atoms with Gasteiger partial charge in [0, 0.05) is 11.1 Å². The predicted molar refractivity (Wildman–Crippen MR) is 52.5 cm³/mol. The standard InChI is InChI=1S/C8H11NS2/c1-6-7(10-2)4-5-9-8(6)11-3/h4-5H,1-3H3. The molecule has 0 spiro atoms. The van der Waals surface area contributed by atoms with Crippen molar-refractivity contribution in [2.75, 3.05) is 12.5 Å². The fourth-order valence-corrected chi connectivity index (χ4v) is 2.17. The summed E-state index contributed by atoms with van der Waals surface area (Å²) in [7, 11) is 0. The van der Waals surface area contributed by atoms with E-state index in [9.17, 15) is 0 Å². The maximum atomic E-state index is 4.26. The number of thioether (sulfide) groups is 2. The number of pyridine rings is 1. The first-order valence-electron chi connectivity index (χ1n) is 3.33. The molecule has 0 saturated carbocycles. The van der Waals surface area contributed by atoms with Crippen LogP contribution in [0.15, 0.2) is 22.2 Å². The fraction of sp³-hybridized carbons (Fsp3) is 0.375. The summed E-state index contributed by atoms with van der Waals surface area (Å²) in [4.78, 5) is 5.58. The smallest absolute Gasteiger partial charge is 0.0997 e. The monoisotopic (exact) mass is 185 g/mol. The van der Waals surface area contributed by atoms with E-state index >= 15 is 0 Å². The van der Waals surface area contributed by atoms with Crippen LogP contribution in [0, 0.1) is 6.92 Å².